The van der Waals surface area contributed by atoms with Gasteiger partial charge in [-0.25, -0.2) is 14.8 Å². The molecule has 0 unspecified atom stereocenters. The molecule has 0 radical (unpaired) electrons. The highest BCUT2D eigenvalue weighted by atomic mass is 16.5. The van der Waals surface area contributed by atoms with Gasteiger partial charge in [-0.05, 0) is 36.8 Å². The summed E-state index contributed by atoms with van der Waals surface area (Å²) in [5.41, 5.74) is 4.74. The minimum absolute atomic E-state index is 0.325. The molecule has 8 heteroatoms. The topological polar surface area (TPSA) is 76.4 Å². The molecule has 4 aromatic rings. The number of carbonyl (C=O) groups is 1. The number of rotatable bonds is 5. The number of esters is 1. The van der Waals surface area contributed by atoms with Crippen molar-refractivity contribution >= 4 is 28.5 Å². The van der Waals surface area contributed by atoms with E-state index >= 15 is 0 Å². The molecule has 0 bridgehead atoms. The number of pyridine rings is 1. The first-order chi connectivity index (χ1) is 16.1. The van der Waals surface area contributed by atoms with Crippen molar-refractivity contribution in [3.05, 3.63) is 78.0 Å². The van der Waals surface area contributed by atoms with Crippen LogP contribution in [0, 0.1) is 6.92 Å². The molecule has 1 saturated heterocycles. The lowest BCUT2D eigenvalue weighted by molar-refractivity contribution is 0.0600. The molecule has 1 aromatic carbocycles. The monoisotopic (exact) mass is 442 g/mol. The third-order valence-electron chi connectivity index (χ3n) is 6.08. The number of hydrogen-bond donors (Lipinski definition) is 0. The number of hydrogen-bond acceptors (Lipinski definition) is 7. The molecule has 33 heavy (non-hydrogen) atoms. The second kappa shape index (κ2) is 8.90. The zero-order valence-electron chi connectivity index (χ0n) is 18.8. The third-order valence-corrected chi connectivity index (χ3v) is 6.08. The van der Waals surface area contributed by atoms with Crippen molar-refractivity contribution in [2.75, 3.05) is 43.1 Å². The van der Waals surface area contributed by atoms with Gasteiger partial charge in [0.1, 0.15) is 11.5 Å². The van der Waals surface area contributed by atoms with E-state index in [4.69, 9.17) is 4.74 Å². The number of aromatic nitrogens is 4. The number of ether oxygens (including phenoxy) is 1. The minimum Gasteiger partial charge on any atom is -0.465 e. The highest BCUT2D eigenvalue weighted by Gasteiger charge is 2.21. The summed E-state index contributed by atoms with van der Waals surface area (Å²) in [7, 11) is 1.39. The van der Waals surface area contributed by atoms with E-state index in [1.807, 2.05) is 37.6 Å². The molecular formula is C25H26N6O2. The second-order valence-electron chi connectivity index (χ2n) is 8.19. The Hall–Kier alpha value is -3.94. The van der Waals surface area contributed by atoms with Crippen molar-refractivity contribution in [1.82, 2.24) is 19.5 Å². The maximum absolute atomic E-state index is 11.7. The third kappa shape index (κ3) is 4.24. The number of piperazine rings is 1. The predicted octanol–water partition coefficient (Wildman–Crippen LogP) is 3.30. The Labute approximate surface area is 192 Å². The number of aryl methyl sites for hydroxylation is 1. The molecule has 0 aliphatic carbocycles. The van der Waals surface area contributed by atoms with Crippen molar-refractivity contribution in [2.24, 2.45) is 0 Å². The number of carbonyl (C=O) groups excluding carboxylic acids is 1. The standard InChI is InChI=1S/C25H26N6O2/c1-18-15-28-23(16-27-18)30-13-11-29(12-14-30)22-7-9-26-24-21(22)8-10-31(24)17-19-3-5-20(6-4-19)25(32)33-2/h3-10,15-16H,11-14,17H2,1-2H3. The van der Waals surface area contributed by atoms with E-state index in [1.54, 1.807) is 12.1 Å². The Morgan fingerprint density at radius 3 is 2.39 bits per heavy atom. The number of nitrogens with zero attached hydrogens (tertiary/aromatic N) is 6. The van der Waals surface area contributed by atoms with Gasteiger partial charge < -0.3 is 19.1 Å². The van der Waals surface area contributed by atoms with E-state index in [9.17, 15) is 4.79 Å². The van der Waals surface area contributed by atoms with Crippen LogP contribution in [0.4, 0.5) is 11.5 Å². The molecule has 168 valence electrons. The number of benzene rings is 1. The SMILES string of the molecule is COC(=O)c1ccc(Cn2ccc3c(N4CCN(c5cnc(C)cn5)CC4)ccnc32)cc1. The maximum atomic E-state index is 11.7. The fourth-order valence-electron chi connectivity index (χ4n) is 4.27. The van der Waals surface area contributed by atoms with E-state index in [1.165, 1.54) is 12.8 Å². The summed E-state index contributed by atoms with van der Waals surface area (Å²) >= 11 is 0. The lowest BCUT2D eigenvalue weighted by Gasteiger charge is -2.36. The Morgan fingerprint density at radius 2 is 1.70 bits per heavy atom. The molecule has 0 spiro atoms. The summed E-state index contributed by atoms with van der Waals surface area (Å²) in [4.78, 5) is 29.9. The Morgan fingerprint density at radius 1 is 0.939 bits per heavy atom. The zero-order chi connectivity index (χ0) is 22.8. The molecule has 8 nitrogen and oxygen atoms in total. The van der Waals surface area contributed by atoms with Gasteiger partial charge in [-0.3, -0.25) is 4.98 Å². The van der Waals surface area contributed by atoms with Gasteiger partial charge in [-0.1, -0.05) is 12.1 Å². The number of fused-ring (bicyclic) bond motifs is 1. The molecule has 5 rings (SSSR count). The van der Waals surface area contributed by atoms with Crippen LogP contribution in [0.3, 0.4) is 0 Å². The van der Waals surface area contributed by atoms with Crippen LogP contribution in [0.25, 0.3) is 11.0 Å². The first-order valence-electron chi connectivity index (χ1n) is 11.0. The lowest BCUT2D eigenvalue weighted by Crippen LogP contribution is -2.47. The van der Waals surface area contributed by atoms with Crippen LogP contribution in [0.15, 0.2) is 61.2 Å². The second-order valence-corrected chi connectivity index (χ2v) is 8.19. The molecule has 0 amide bonds. The molecule has 1 aliphatic rings. The predicted molar refractivity (Wildman–Crippen MR) is 128 cm³/mol. The first kappa shape index (κ1) is 20.9. The fraction of sp³-hybridized carbons (Fsp3) is 0.280. The highest BCUT2D eigenvalue weighted by molar-refractivity contribution is 5.91. The summed E-state index contributed by atoms with van der Waals surface area (Å²) < 4.78 is 6.92. The van der Waals surface area contributed by atoms with Crippen LogP contribution in [-0.2, 0) is 11.3 Å². The highest BCUT2D eigenvalue weighted by Crippen LogP contribution is 2.28. The average Bonchev–Trinajstić information content (AvgIpc) is 3.27. The molecule has 4 heterocycles. The van der Waals surface area contributed by atoms with Gasteiger partial charge in [0.2, 0.25) is 0 Å². The maximum Gasteiger partial charge on any atom is 0.337 e. The molecule has 0 saturated carbocycles. The van der Waals surface area contributed by atoms with Gasteiger partial charge in [-0.15, -0.1) is 0 Å². The van der Waals surface area contributed by atoms with Crippen molar-refractivity contribution in [2.45, 2.75) is 13.5 Å². The van der Waals surface area contributed by atoms with Crippen LogP contribution < -0.4 is 9.80 Å². The summed E-state index contributed by atoms with van der Waals surface area (Å²) in [5.74, 6) is 0.610. The van der Waals surface area contributed by atoms with Crippen molar-refractivity contribution < 1.29 is 9.53 Å². The van der Waals surface area contributed by atoms with E-state index in [0.29, 0.717) is 12.1 Å². The summed E-state index contributed by atoms with van der Waals surface area (Å²) in [5, 5.41) is 1.15. The quantitative estimate of drug-likeness (QED) is 0.439. The summed E-state index contributed by atoms with van der Waals surface area (Å²) in [6.07, 6.45) is 7.63. The molecule has 0 N–H and O–H groups in total. The molecule has 3 aromatic heterocycles. The summed E-state index contributed by atoms with van der Waals surface area (Å²) in [6, 6.07) is 11.7. The molecular weight excluding hydrogens is 416 g/mol. The van der Waals surface area contributed by atoms with E-state index in [-0.39, 0.29) is 5.97 Å². The Kier molecular flexibility index (Phi) is 5.64. The van der Waals surface area contributed by atoms with Crippen LogP contribution in [0.1, 0.15) is 21.6 Å². The van der Waals surface area contributed by atoms with Gasteiger partial charge in [0.25, 0.3) is 0 Å². The lowest BCUT2D eigenvalue weighted by atomic mass is 10.1. The smallest absolute Gasteiger partial charge is 0.337 e. The van der Waals surface area contributed by atoms with Gasteiger partial charge in [0, 0.05) is 56.2 Å². The normalized spacial score (nSPS) is 14.0. The van der Waals surface area contributed by atoms with E-state index in [2.05, 4.69) is 47.6 Å². The van der Waals surface area contributed by atoms with Crippen LogP contribution in [0.5, 0.6) is 0 Å². The van der Waals surface area contributed by atoms with E-state index < -0.39 is 0 Å². The fourth-order valence-corrected chi connectivity index (χ4v) is 4.27. The van der Waals surface area contributed by atoms with Gasteiger partial charge in [0.05, 0.1) is 30.8 Å². The van der Waals surface area contributed by atoms with E-state index in [0.717, 1.165) is 54.3 Å². The van der Waals surface area contributed by atoms with Crippen molar-refractivity contribution in [3.63, 3.8) is 0 Å². The van der Waals surface area contributed by atoms with Gasteiger partial charge in [-0.2, -0.15) is 0 Å². The summed E-state index contributed by atoms with van der Waals surface area (Å²) in [6.45, 7) is 6.25. The molecule has 1 fully saturated rings. The minimum atomic E-state index is -0.325. The molecule has 0 atom stereocenters. The van der Waals surface area contributed by atoms with Crippen LogP contribution >= 0.6 is 0 Å². The Bertz CT molecular complexity index is 1260. The number of anilines is 2. The Balaban J connectivity index is 1.32. The van der Waals surface area contributed by atoms with Crippen molar-refractivity contribution in [1.29, 1.82) is 0 Å². The number of methoxy groups -OCH3 is 1. The average molecular weight is 443 g/mol. The largest absolute Gasteiger partial charge is 0.465 e. The van der Waals surface area contributed by atoms with Crippen LogP contribution in [-0.4, -0.2) is 58.8 Å². The van der Waals surface area contributed by atoms with Crippen molar-refractivity contribution in [3.8, 4) is 0 Å². The van der Waals surface area contributed by atoms with Gasteiger partial charge in [0.15, 0.2) is 0 Å². The zero-order valence-corrected chi connectivity index (χ0v) is 18.8. The first-order valence-corrected chi connectivity index (χ1v) is 11.0. The van der Waals surface area contributed by atoms with Gasteiger partial charge >= 0.3 is 5.97 Å². The van der Waals surface area contributed by atoms with Crippen LogP contribution in [0.2, 0.25) is 0 Å². The molecule has 1 aliphatic heterocycles.